The van der Waals surface area contributed by atoms with Gasteiger partial charge in [-0.1, -0.05) is 17.7 Å². The SMILES string of the molecule is Fc1cccc(F)c1Nc1nc2nc3cc(Cl)ccc3n2[nH]1. The van der Waals surface area contributed by atoms with E-state index >= 15 is 0 Å². The molecule has 0 aliphatic heterocycles. The smallest absolute Gasteiger partial charge is 0.253 e. The Morgan fingerprint density at radius 3 is 2.64 bits per heavy atom. The molecule has 2 heterocycles. The molecule has 4 aromatic rings. The molecule has 0 saturated carbocycles. The fourth-order valence-electron chi connectivity index (χ4n) is 2.25. The number of H-pyrrole nitrogens is 1. The first-order chi connectivity index (χ1) is 10.6. The third-order valence-electron chi connectivity index (χ3n) is 3.23. The minimum Gasteiger partial charge on any atom is -0.320 e. The monoisotopic (exact) mass is 319 g/mol. The van der Waals surface area contributed by atoms with Crippen LogP contribution in [-0.2, 0) is 0 Å². The normalized spacial score (nSPS) is 11.4. The number of nitrogens with zero attached hydrogens (tertiary/aromatic N) is 3. The van der Waals surface area contributed by atoms with E-state index < -0.39 is 11.6 Å². The lowest BCUT2D eigenvalue weighted by molar-refractivity contribution is 0.590. The van der Waals surface area contributed by atoms with Crippen LogP contribution >= 0.6 is 11.6 Å². The third kappa shape index (κ3) is 1.98. The molecular weight excluding hydrogens is 312 g/mol. The number of nitrogens with one attached hydrogen (secondary N) is 2. The first-order valence-corrected chi connectivity index (χ1v) is 6.74. The predicted octanol–water partition coefficient (Wildman–Crippen LogP) is 3.89. The van der Waals surface area contributed by atoms with Gasteiger partial charge in [-0.05, 0) is 30.3 Å². The van der Waals surface area contributed by atoms with Gasteiger partial charge in [0.25, 0.3) is 5.78 Å². The zero-order valence-electron chi connectivity index (χ0n) is 10.9. The van der Waals surface area contributed by atoms with Crippen LogP contribution in [0.3, 0.4) is 0 Å². The van der Waals surface area contributed by atoms with Crippen LogP contribution in [0.25, 0.3) is 16.8 Å². The van der Waals surface area contributed by atoms with Gasteiger partial charge in [0.05, 0.1) is 11.0 Å². The highest BCUT2D eigenvalue weighted by Gasteiger charge is 2.13. The van der Waals surface area contributed by atoms with Crippen molar-refractivity contribution in [2.24, 2.45) is 0 Å². The number of hydrogen-bond acceptors (Lipinski definition) is 3. The molecule has 0 atom stereocenters. The van der Waals surface area contributed by atoms with Crippen molar-refractivity contribution in [3.8, 4) is 0 Å². The topological polar surface area (TPSA) is 58.0 Å². The number of halogens is 3. The first-order valence-electron chi connectivity index (χ1n) is 6.36. The molecule has 0 unspecified atom stereocenters. The van der Waals surface area contributed by atoms with Gasteiger partial charge in [-0.3, -0.25) is 5.10 Å². The van der Waals surface area contributed by atoms with E-state index in [1.807, 2.05) is 0 Å². The van der Waals surface area contributed by atoms with E-state index in [9.17, 15) is 8.78 Å². The van der Waals surface area contributed by atoms with E-state index in [1.54, 1.807) is 22.7 Å². The molecule has 0 radical (unpaired) electrons. The summed E-state index contributed by atoms with van der Waals surface area (Å²) in [5, 5.41) is 6.05. The van der Waals surface area contributed by atoms with E-state index in [4.69, 9.17) is 11.6 Å². The molecule has 0 fully saturated rings. The lowest BCUT2D eigenvalue weighted by atomic mass is 10.3. The Morgan fingerprint density at radius 1 is 1.09 bits per heavy atom. The largest absolute Gasteiger partial charge is 0.320 e. The zero-order valence-corrected chi connectivity index (χ0v) is 11.7. The Balaban J connectivity index is 1.80. The van der Waals surface area contributed by atoms with Gasteiger partial charge in [-0.25, -0.2) is 18.3 Å². The highest BCUT2D eigenvalue weighted by molar-refractivity contribution is 6.31. The fraction of sp³-hybridized carbons (Fsp3) is 0. The highest BCUT2D eigenvalue weighted by Crippen LogP contribution is 2.24. The maximum Gasteiger partial charge on any atom is 0.253 e. The highest BCUT2D eigenvalue weighted by atomic mass is 35.5. The second-order valence-corrected chi connectivity index (χ2v) is 5.11. The van der Waals surface area contributed by atoms with E-state index in [0.29, 0.717) is 16.3 Å². The fourth-order valence-corrected chi connectivity index (χ4v) is 2.41. The number of anilines is 2. The van der Waals surface area contributed by atoms with Crippen LogP contribution < -0.4 is 5.32 Å². The number of rotatable bonds is 2. The van der Waals surface area contributed by atoms with Crippen LogP contribution in [0.2, 0.25) is 5.02 Å². The molecule has 2 aromatic carbocycles. The summed E-state index contributed by atoms with van der Waals surface area (Å²) in [6.45, 7) is 0. The van der Waals surface area contributed by atoms with Gasteiger partial charge in [-0.15, -0.1) is 0 Å². The minimum absolute atomic E-state index is 0.184. The van der Waals surface area contributed by atoms with Gasteiger partial charge in [0.15, 0.2) is 0 Å². The Bertz CT molecular complexity index is 987. The number of aromatic amines is 1. The molecular formula is C14H8ClF2N5. The molecule has 2 N–H and O–H groups in total. The van der Waals surface area contributed by atoms with Gasteiger partial charge in [-0.2, -0.15) is 4.98 Å². The summed E-state index contributed by atoms with van der Waals surface area (Å²) in [5.74, 6) is -0.851. The molecule has 0 spiro atoms. The van der Waals surface area contributed by atoms with Gasteiger partial charge in [0.2, 0.25) is 5.95 Å². The Morgan fingerprint density at radius 2 is 1.86 bits per heavy atom. The first kappa shape index (κ1) is 13.0. The number of aromatic nitrogens is 4. The van der Waals surface area contributed by atoms with E-state index in [2.05, 4.69) is 20.4 Å². The molecule has 0 amide bonds. The number of hydrogen-bond donors (Lipinski definition) is 2. The number of imidazole rings is 1. The maximum absolute atomic E-state index is 13.6. The van der Waals surface area contributed by atoms with Crippen molar-refractivity contribution < 1.29 is 8.78 Å². The van der Waals surface area contributed by atoms with Gasteiger partial charge >= 0.3 is 0 Å². The average Bonchev–Trinajstić information content (AvgIpc) is 2.99. The van der Waals surface area contributed by atoms with Crippen molar-refractivity contribution >= 4 is 40.0 Å². The Hall–Kier alpha value is -2.67. The second-order valence-electron chi connectivity index (χ2n) is 4.67. The number of fused-ring (bicyclic) bond motifs is 3. The van der Waals surface area contributed by atoms with Crippen molar-refractivity contribution in [1.29, 1.82) is 0 Å². The molecule has 4 rings (SSSR count). The summed E-state index contributed by atoms with van der Waals surface area (Å²) < 4.78 is 28.9. The molecule has 5 nitrogen and oxygen atoms in total. The zero-order chi connectivity index (χ0) is 15.3. The second kappa shape index (κ2) is 4.67. The van der Waals surface area contributed by atoms with Crippen LogP contribution in [-0.4, -0.2) is 19.6 Å². The van der Waals surface area contributed by atoms with Gasteiger partial charge in [0.1, 0.15) is 17.3 Å². The van der Waals surface area contributed by atoms with Crippen molar-refractivity contribution in [3.63, 3.8) is 0 Å². The van der Waals surface area contributed by atoms with E-state index in [-0.39, 0.29) is 11.6 Å². The Labute approximate surface area is 127 Å². The number of para-hydroxylation sites is 1. The van der Waals surface area contributed by atoms with Crippen molar-refractivity contribution in [3.05, 3.63) is 53.1 Å². The molecule has 0 aliphatic rings. The van der Waals surface area contributed by atoms with Crippen molar-refractivity contribution in [2.45, 2.75) is 0 Å². The lowest BCUT2D eigenvalue weighted by Gasteiger charge is -2.04. The lowest BCUT2D eigenvalue weighted by Crippen LogP contribution is -1.99. The number of benzene rings is 2. The quantitative estimate of drug-likeness (QED) is 0.589. The summed E-state index contributed by atoms with van der Waals surface area (Å²) in [5.41, 5.74) is 1.16. The van der Waals surface area contributed by atoms with Gasteiger partial charge < -0.3 is 5.32 Å². The molecule has 8 heteroatoms. The summed E-state index contributed by atoms with van der Waals surface area (Å²) in [6, 6.07) is 8.84. The molecule has 2 aromatic heterocycles. The van der Waals surface area contributed by atoms with Crippen molar-refractivity contribution in [2.75, 3.05) is 5.32 Å². The summed E-state index contributed by atoms with van der Waals surface area (Å²) >= 11 is 5.91. The standard InChI is InChI=1S/C14H8ClF2N5/c15-7-4-5-11-10(6-7)18-14-20-13(21-22(11)14)19-12-8(16)2-1-3-9(12)17/h1-6H,(H2,18,19,20,21). The van der Waals surface area contributed by atoms with Gasteiger partial charge in [0, 0.05) is 5.02 Å². The van der Waals surface area contributed by atoms with Crippen LogP contribution in [0.5, 0.6) is 0 Å². The van der Waals surface area contributed by atoms with Crippen molar-refractivity contribution in [1.82, 2.24) is 19.6 Å². The maximum atomic E-state index is 13.6. The van der Waals surface area contributed by atoms with Crippen LogP contribution in [0, 0.1) is 11.6 Å². The Kier molecular flexibility index (Phi) is 2.77. The van der Waals surface area contributed by atoms with E-state index in [0.717, 1.165) is 17.6 Å². The third-order valence-corrected chi connectivity index (χ3v) is 3.47. The van der Waals surface area contributed by atoms with E-state index in [1.165, 1.54) is 6.07 Å². The summed E-state index contributed by atoms with van der Waals surface area (Å²) in [6.07, 6.45) is 0. The molecule has 0 aliphatic carbocycles. The molecule has 0 saturated heterocycles. The molecule has 0 bridgehead atoms. The summed E-state index contributed by atoms with van der Waals surface area (Å²) in [7, 11) is 0. The van der Waals surface area contributed by atoms with Crippen LogP contribution in [0.1, 0.15) is 0 Å². The minimum atomic E-state index is -0.703. The van der Waals surface area contributed by atoms with Crippen LogP contribution in [0.15, 0.2) is 36.4 Å². The average molecular weight is 320 g/mol. The molecule has 22 heavy (non-hydrogen) atoms. The predicted molar refractivity (Wildman–Crippen MR) is 79.5 cm³/mol. The van der Waals surface area contributed by atoms with Crippen LogP contribution in [0.4, 0.5) is 20.4 Å². The molecule has 110 valence electrons. The summed E-state index contributed by atoms with van der Waals surface area (Å²) in [4.78, 5) is 8.46.